The smallest absolute Gasteiger partial charge is 0.255 e. The van der Waals surface area contributed by atoms with Crippen LogP contribution < -0.4 is 5.32 Å². The van der Waals surface area contributed by atoms with Gasteiger partial charge in [0.1, 0.15) is 5.52 Å². The molecular formula is C23H22N4O. The van der Waals surface area contributed by atoms with Gasteiger partial charge in [-0.05, 0) is 54.3 Å². The van der Waals surface area contributed by atoms with Crippen LogP contribution in [0.5, 0.6) is 0 Å². The third-order valence-corrected chi connectivity index (χ3v) is 4.95. The summed E-state index contributed by atoms with van der Waals surface area (Å²) in [6.07, 6.45) is 0.877. The molecule has 4 aromatic rings. The Morgan fingerprint density at radius 1 is 1.00 bits per heavy atom. The van der Waals surface area contributed by atoms with Crippen LogP contribution in [0.2, 0.25) is 0 Å². The van der Waals surface area contributed by atoms with Crippen molar-refractivity contribution in [2.45, 2.75) is 26.8 Å². The summed E-state index contributed by atoms with van der Waals surface area (Å²) in [6, 6.07) is 21.6. The zero-order valence-electron chi connectivity index (χ0n) is 16.0. The van der Waals surface area contributed by atoms with Crippen molar-refractivity contribution in [2.24, 2.45) is 0 Å². The number of hydrogen-bond donors (Lipinski definition) is 1. The SMILES string of the molecule is CCc1cccc(C)c1NC(=O)c1ccc(Cn2nnc3ccccc32)cc1. The van der Waals surface area contributed by atoms with E-state index < -0.39 is 0 Å². The molecule has 0 atom stereocenters. The van der Waals surface area contributed by atoms with Crippen LogP contribution >= 0.6 is 0 Å². The first-order valence-electron chi connectivity index (χ1n) is 9.42. The summed E-state index contributed by atoms with van der Waals surface area (Å²) in [5.41, 5.74) is 6.70. The van der Waals surface area contributed by atoms with Crippen LogP contribution in [0.25, 0.3) is 11.0 Å². The average Bonchev–Trinajstić information content (AvgIpc) is 3.13. The standard InChI is InChI=1S/C23H22N4O/c1-3-18-8-6-7-16(2)22(18)24-23(28)19-13-11-17(12-14-19)15-27-21-10-5-4-9-20(21)25-26-27/h4-14H,3,15H2,1-2H3,(H,24,28). The molecule has 5 heteroatoms. The summed E-state index contributed by atoms with van der Waals surface area (Å²) >= 11 is 0. The lowest BCUT2D eigenvalue weighted by atomic mass is 10.0. The summed E-state index contributed by atoms with van der Waals surface area (Å²) in [6.45, 7) is 4.72. The first-order chi connectivity index (χ1) is 13.7. The molecule has 4 rings (SSSR count). The van der Waals surface area contributed by atoms with Gasteiger partial charge in [-0.15, -0.1) is 5.10 Å². The van der Waals surface area contributed by atoms with Gasteiger partial charge in [0.2, 0.25) is 0 Å². The maximum atomic E-state index is 12.7. The molecule has 1 aromatic heterocycles. The van der Waals surface area contributed by atoms with Crippen LogP contribution in [0, 0.1) is 6.92 Å². The topological polar surface area (TPSA) is 59.8 Å². The summed E-state index contributed by atoms with van der Waals surface area (Å²) in [4.78, 5) is 12.7. The van der Waals surface area contributed by atoms with Crippen LogP contribution in [-0.4, -0.2) is 20.9 Å². The van der Waals surface area contributed by atoms with E-state index in [9.17, 15) is 4.79 Å². The number of nitrogens with one attached hydrogen (secondary N) is 1. The molecule has 0 unspecified atom stereocenters. The lowest BCUT2D eigenvalue weighted by molar-refractivity contribution is 0.102. The number of aromatic nitrogens is 3. The van der Waals surface area contributed by atoms with Crippen molar-refractivity contribution in [1.82, 2.24) is 15.0 Å². The van der Waals surface area contributed by atoms with Crippen molar-refractivity contribution in [1.29, 1.82) is 0 Å². The van der Waals surface area contributed by atoms with E-state index in [0.717, 1.165) is 39.8 Å². The summed E-state index contributed by atoms with van der Waals surface area (Å²) < 4.78 is 1.87. The fourth-order valence-electron chi connectivity index (χ4n) is 3.36. The Kier molecular flexibility index (Phi) is 4.89. The number of nitrogens with zero attached hydrogens (tertiary/aromatic N) is 3. The highest BCUT2D eigenvalue weighted by molar-refractivity contribution is 6.05. The van der Waals surface area contributed by atoms with Gasteiger partial charge in [-0.1, -0.05) is 54.6 Å². The van der Waals surface area contributed by atoms with Crippen LogP contribution in [-0.2, 0) is 13.0 Å². The van der Waals surface area contributed by atoms with Gasteiger partial charge in [-0.2, -0.15) is 0 Å². The maximum Gasteiger partial charge on any atom is 0.255 e. The molecule has 0 aliphatic rings. The number of para-hydroxylation sites is 2. The third kappa shape index (κ3) is 3.51. The van der Waals surface area contributed by atoms with Gasteiger partial charge < -0.3 is 5.32 Å². The van der Waals surface area contributed by atoms with Crippen LogP contribution in [0.4, 0.5) is 5.69 Å². The quantitative estimate of drug-likeness (QED) is 0.558. The fourth-order valence-corrected chi connectivity index (χ4v) is 3.36. The molecule has 0 bridgehead atoms. The Morgan fingerprint density at radius 3 is 2.57 bits per heavy atom. The van der Waals surface area contributed by atoms with E-state index in [0.29, 0.717) is 12.1 Å². The van der Waals surface area contributed by atoms with Crippen LogP contribution in [0.15, 0.2) is 66.7 Å². The van der Waals surface area contributed by atoms with Crippen molar-refractivity contribution in [3.05, 3.63) is 89.0 Å². The van der Waals surface area contributed by atoms with Crippen LogP contribution in [0.3, 0.4) is 0 Å². The molecular weight excluding hydrogens is 348 g/mol. The Bertz CT molecular complexity index is 1130. The first-order valence-corrected chi connectivity index (χ1v) is 9.42. The Morgan fingerprint density at radius 2 is 1.79 bits per heavy atom. The predicted octanol–water partition coefficient (Wildman–Crippen LogP) is 4.60. The molecule has 0 spiro atoms. The Labute approximate surface area is 164 Å². The number of aryl methyl sites for hydroxylation is 2. The number of hydrogen-bond acceptors (Lipinski definition) is 3. The van der Waals surface area contributed by atoms with E-state index in [2.05, 4.69) is 22.6 Å². The summed E-state index contributed by atoms with van der Waals surface area (Å²) in [7, 11) is 0. The molecule has 0 saturated heterocycles. The monoisotopic (exact) mass is 370 g/mol. The minimum absolute atomic E-state index is 0.0956. The molecule has 3 aromatic carbocycles. The molecule has 1 N–H and O–H groups in total. The van der Waals surface area contributed by atoms with E-state index >= 15 is 0 Å². The van der Waals surface area contributed by atoms with E-state index in [4.69, 9.17) is 0 Å². The molecule has 0 radical (unpaired) electrons. The number of fused-ring (bicyclic) bond motifs is 1. The van der Waals surface area contributed by atoms with Crippen molar-refractivity contribution < 1.29 is 4.79 Å². The number of carbonyl (C=O) groups excluding carboxylic acids is 1. The number of amides is 1. The lowest BCUT2D eigenvalue weighted by Crippen LogP contribution is -2.14. The molecule has 140 valence electrons. The van der Waals surface area contributed by atoms with E-state index in [-0.39, 0.29) is 5.91 Å². The van der Waals surface area contributed by atoms with Crippen molar-refractivity contribution in [2.75, 3.05) is 5.32 Å². The minimum Gasteiger partial charge on any atom is -0.321 e. The molecule has 1 heterocycles. The molecule has 0 saturated carbocycles. The van der Waals surface area contributed by atoms with Gasteiger partial charge in [-0.25, -0.2) is 4.68 Å². The van der Waals surface area contributed by atoms with Gasteiger partial charge in [0.15, 0.2) is 0 Å². The van der Waals surface area contributed by atoms with E-state index in [1.165, 1.54) is 0 Å². The predicted molar refractivity (Wildman–Crippen MR) is 112 cm³/mol. The fraction of sp³-hybridized carbons (Fsp3) is 0.174. The van der Waals surface area contributed by atoms with Gasteiger partial charge in [0.05, 0.1) is 12.1 Å². The highest BCUT2D eigenvalue weighted by Gasteiger charge is 2.11. The number of anilines is 1. The third-order valence-electron chi connectivity index (χ3n) is 4.95. The number of rotatable bonds is 5. The van der Waals surface area contributed by atoms with Crippen molar-refractivity contribution >= 4 is 22.6 Å². The molecule has 0 aliphatic carbocycles. The molecule has 1 amide bonds. The Hall–Kier alpha value is -3.47. The largest absolute Gasteiger partial charge is 0.321 e. The summed E-state index contributed by atoms with van der Waals surface area (Å²) in [5, 5.41) is 11.5. The van der Waals surface area contributed by atoms with E-state index in [1.807, 2.05) is 78.3 Å². The van der Waals surface area contributed by atoms with Gasteiger partial charge in [-0.3, -0.25) is 4.79 Å². The lowest BCUT2D eigenvalue weighted by Gasteiger charge is -2.13. The Balaban J connectivity index is 1.51. The van der Waals surface area contributed by atoms with Gasteiger partial charge in [0.25, 0.3) is 5.91 Å². The summed E-state index contributed by atoms with van der Waals surface area (Å²) in [5.74, 6) is -0.0956. The highest BCUT2D eigenvalue weighted by atomic mass is 16.1. The molecule has 5 nitrogen and oxygen atoms in total. The highest BCUT2D eigenvalue weighted by Crippen LogP contribution is 2.22. The molecule has 0 fully saturated rings. The second kappa shape index (κ2) is 7.64. The number of benzene rings is 3. The average molecular weight is 370 g/mol. The van der Waals surface area contributed by atoms with Gasteiger partial charge in [0, 0.05) is 11.3 Å². The van der Waals surface area contributed by atoms with Crippen molar-refractivity contribution in [3.63, 3.8) is 0 Å². The van der Waals surface area contributed by atoms with Crippen molar-refractivity contribution in [3.8, 4) is 0 Å². The maximum absolute atomic E-state index is 12.7. The minimum atomic E-state index is -0.0956. The van der Waals surface area contributed by atoms with Gasteiger partial charge >= 0.3 is 0 Å². The second-order valence-corrected chi connectivity index (χ2v) is 6.85. The normalized spacial score (nSPS) is 10.9. The first kappa shape index (κ1) is 17.9. The zero-order chi connectivity index (χ0) is 19.5. The van der Waals surface area contributed by atoms with Crippen LogP contribution in [0.1, 0.15) is 34.0 Å². The number of carbonyl (C=O) groups is 1. The second-order valence-electron chi connectivity index (χ2n) is 6.85. The molecule has 0 aliphatic heterocycles. The van der Waals surface area contributed by atoms with E-state index in [1.54, 1.807) is 0 Å². The zero-order valence-corrected chi connectivity index (χ0v) is 16.0. The molecule has 28 heavy (non-hydrogen) atoms.